The fourth-order valence-corrected chi connectivity index (χ4v) is 5.46. The van der Waals surface area contributed by atoms with Crippen molar-refractivity contribution in [2.45, 2.75) is 59.2 Å². The summed E-state index contributed by atoms with van der Waals surface area (Å²) in [6.07, 6.45) is 3.75. The zero-order chi connectivity index (χ0) is 32.0. The Bertz CT molecular complexity index is 1420. The zero-order valence-corrected chi connectivity index (χ0v) is 26.9. The van der Waals surface area contributed by atoms with Crippen LogP contribution in [0.2, 0.25) is 0 Å². The van der Waals surface area contributed by atoms with Crippen molar-refractivity contribution < 1.29 is 28.1 Å². The Morgan fingerprint density at radius 2 is 1.82 bits per heavy atom. The molecule has 14 heteroatoms. The molecule has 1 amide bonds. The third-order valence-corrected chi connectivity index (χ3v) is 7.73. The van der Waals surface area contributed by atoms with Gasteiger partial charge in [-0.15, -0.1) is 0 Å². The van der Waals surface area contributed by atoms with Crippen molar-refractivity contribution >= 4 is 34.6 Å². The summed E-state index contributed by atoms with van der Waals surface area (Å²) in [6, 6.07) is 5.16. The molecule has 4 heterocycles. The SMILES string of the molecule is CCOC(OCC)OCCN1CCN(c2ccc(Nc3ncc4ncn(C5CCN(C(=O)OC(C)(C)C)C5)c4n3)c(F)c2)CC1. The van der Waals surface area contributed by atoms with Gasteiger partial charge in [0.1, 0.15) is 16.9 Å². The van der Waals surface area contributed by atoms with Crippen molar-refractivity contribution in [3.8, 4) is 0 Å². The lowest BCUT2D eigenvalue weighted by Gasteiger charge is -2.36. The van der Waals surface area contributed by atoms with Gasteiger partial charge in [0, 0.05) is 64.7 Å². The first-order chi connectivity index (χ1) is 21.6. The summed E-state index contributed by atoms with van der Waals surface area (Å²) in [4.78, 5) is 32.2. The normalized spacial score (nSPS) is 17.9. The number of anilines is 3. The molecule has 3 aromatic rings. The lowest BCUT2D eigenvalue weighted by atomic mass is 10.2. The van der Waals surface area contributed by atoms with Crippen LogP contribution in [-0.2, 0) is 18.9 Å². The Morgan fingerprint density at radius 1 is 1.07 bits per heavy atom. The van der Waals surface area contributed by atoms with Gasteiger partial charge in [-0.3, -0.25) is 4.90 Å². The van der Waals surface area contributed by atoms with E-state index in [1.807, 2.05) is 45.3 Å². The number of hydrogen-bond acceptors (Lipinski definition) is 11. The summed E-state index contributed by atoms with van der Waals surface area (Å²) in [7, 11) is 0. The first kappa shape index (κ1) is 32.8. The molecule has 0 bridgehead atoms. The molecule has 45 heavy (non-hydrogen) atoms. The Labute approximate surface area is 263 Å². The highest BCUT2D eigenvalue weighted by Crippen LogP contribution is 2.28. The first-order valence-electron chi connectivity index (χ1n) is 15.7. The minimum Gasteiger partial charge on any atom is -0.444 e. The lowest BCUT2D eigenvalue weighted by Crippen LogP contribution is -2.47. The van der Waals surface area contributed by atoms with Crippen molar-refractivity contribution in [2.24, 2.45) is 0 Å². The van der Waals surface area contributed by atoms with Gasteiger partial charge in [-0.25, -0.2) is 19.2 Å². The van der Waals surface area contributed by atoms with Crippen molar-refractivity contribution in [1.82, 2.24) is 29.3 Å². The number of likely N-dealkylation sites (tertiary alicyclic amines) is 1. The minimum absolute atomic E-state index is 0.00338. The Hall–Kier alpha value is -3.59. The van der Waals surface area contributed by atoms with Crippen LogP contribution in [0.25, 0.3) is 11.2 Å². The number of aromatic nitrogens is 4. The molecule has 1 atom stereocenters. The van der Waals surface area contributed by atoms with Crippen molar-refractivity contribution in [3.05, 3.63) is 36.5 Å². The van der Waals surface area contributed by atoms with Crippen LogP contribution < -0.4 is 10.2 Å². The molecule has 2 aliphatic heterocycles. The molecule has 1 aromatic carbocycles. The van der Waals surface area contributed by atoms with E-state index in [9.17, 15) is 4.79 Å². The zero-order valence-electron chi connectivity index (χ0n) is 26.9. The monoisotopic (exact) mass is 628 g/mol. The maximum atomic E-state index is 15.3. The number of imidazole rings is 1. The number of carbonyl (C=O) groups is 1. The average molecular weight is 629 g/mol. The predicted octanol–water partition coefficient (Wildman–Crippen LogP) is 4.39. The molecule has 2 saturated heterocycles. The van der Waals surface area contributed by atoms with E-state index in [0.29, 0.717) is 44.1 Å². The number of amides is 1. The molecule has 0 saturated carbocycles. The number of piperazine rings is 1. The van der Waals surface area contributed by atoms with Crippen LogP contribution >= 0.6 is 0 Å². The van der Waals surface area contributed by atoms with Crippen molar-refractivity contribution in [2.75, 3.05) is 75.9 Å². The van der Waals surface area contributed by atoms with E-state index in [1.165, 1.54) is 0 Å². The molecule has 2 aliphatic rings. The number of halogens is 1. The van der Waals surface area contributed by atoms with Crippen LogP contribution in [0.1, 0.15) is 47.1 Å². The summed E-state index contributed by atoms with van der Waals surface area (Å²) in [5, 5.41) is 3.03. The molecule has 0 spiro atoms. The van der Waals surface area contributed by atoms with Gasteiger partial charge < -0.3 is 38.6 Å². The maximum Gasteiger partial charge on any atom is 0.410 e. The number of hydrogen-bond donors (Lipinski definition) is 1. The largest absolute Gasteiger partial charge is 0.444 e. The van der Waals surface area contributed by atoms with Crippen LogP contribution in [0.3, 0.4) is 0 Å². The van der Waals surface area contributed by atoms with E-state index >= 15 is 4.39 Å². The second-order valence-electron chi connectivity index (χ2n) is 12.1. The smallest absolute Gasteiger partial charge is 0.410 e. The number of ether oxygens (including phenoxy) is 4. The number of nitrogens with one attached hydrogen (secondary N) is 1. The Kier molecular flexibility index (Phi) is 10.7. The second kappa shape index (κ2) is 14.7. The van der Waals surface area contributed by atoms with Crippen LogP contribution in [0.15, 0.2) is 30.7 Å². The van der Waals surface area contributed by atoms with E-state index in [1.54, 1.807) is 29.6 Å². The third-order valence-electron chi connectivity index (χ3n) is 7.73. The Morgan fingerprint density at radius 3 is 2.51 bits per heavy atom. The minimum atomic E-state index is -0.630. The number of fused-ring (bicyclic) bond motifs is 1. The summed E-state index contributed by atoms with van der Waals surface area (Å²) in [6.45, 7) is 15.4. The summed E-state index contributed by atoms with van der Waals surface area (Å²) in [5.41, 5.74) is 1.81. The van der Waals surface area contributed by atoms with E-state index in [4.69, 9.17) is 18.9 Å². The molecular formula is C31H45FN8O5. The molecule has 1 unspecified atom stereocenters. The summed E-state index contributed by atoms with van der Waals surface area (Å²) < 4.78 is 39.3. The molecule has 2 fully saturated rings. The number of benzene rings is 1. The highest BCUT2D eigenvalue weighted by molar-refractivity contribution is 5.73. The topological polar surface area (TPSA) is 119 Å². The average Bonchev–Trinajstić information content (AvgIpc) is 3.65. The van der Waals surface area contributed by atoms with Crippen molar-refractivity contribution in [3.63, 3.8) is 0 Å². The van der Waals surface area contributed by atoms with E-state index in [2.05, 4.69) is 30.1 Å². The van der Waals surface area contributed by atoms with E-state index in [0.717, 1.165) is 44.8 Å². The van der Waals surface area contributed by atoms with Gasteiger partial charge in [-0.1, -0.05) is 0 Å². The highest BCUT2D eigenvalue weighted by atomic mass is 19.1. The number of nitrogens with zero attached hydrogens (tertiary/aromatic N) is 7. The lowest BCUT2D eigenvalue weighted by molar-refractivity contribution is -0.285. The molecule has 5 rings (SSSR count). The first-order valence-corrected chi connectivity index (χ1v) is 15.7. The van der Waals surface area contributed by atoms with Gasteiger partial charge in [-0.2, -0.15) is 4.98 Å². The van der Waals surface area contributed by atoms with E-state index in [-0.39, 0.29) is 29.6 Å². The fraction of sp³-hybridized carbons (Fsp3) is 0.613. The second-order valence-corrected chi connectivity index (χ2v) is 12.1. The molecular weight excluding hydrogens is 583 g/mol. The van der Waals surface area contributed by atoms with Gasteiger partial charge in [0.25, 0.3) is 6.48 Å². The predicted molar refractivity (Wildman–Crippen MR) is 168 cm³/mol. The van der Waals surface area contributed by atoms with Crippen LogP contribution in [0, 0.1) is 5.82 Å². The van der Waals surface area contributed by atoms with E-state index < -0.39 is 12.1 Å². The molecule has 0 radical (unpaired) electrons. The number of carbonyl (C=O) groups excluding carboxylic acids is 1. The third kappa shape index (κ3) is 8.57. The van der Waals surface area contributed by atoms with Crippen LogP contribution in [0.4, 0.5) is 26.5 Å². The highest BCUT2D eigenvalue weighted by Gasteiger charge is 2.31. The van der Waals surface area contributed by atoms with Gasteiger partial charge in [-0.05, 0) is 59.2 Å². The maximum absolute atomic E-state index is 15.3. The molecule has 246 valence electrons. The molecule has 2 aromatic heterocycles. The van der Waals surface area contributed by atoms with Crippen molar-refractivity contribution in [1.29, 1.82) is 0 Å². The number of rotatable bonds is 12. The van der Waals surface area contributed by atoms with Gasteiger partial charge in [0.05, 0.1) is 30.9 Å². The standard InChI is InChI=1S/C31H45FN8O5/c1-6-42-30(43-7-2)44-17-16-37-12-14-38(15-13-37)22-8-9-25(24(32)18-22)35-28-33-19-26-27(36-28)40(21-34-26)23-10-11-39(20-23)29(41)45-31(3,4)5/h8-9,18-19,21,23,30H,6-7,10-17,20H2,1-5H3,(H,33,35,36). The summed E-state index contributed by atoms with van der Waals surface area (Å²) >= 11 is 0. The summed E-state index contributed by atoms with van der Waals surface area (Å²) in [5.74, 6) is -0.119. The molecule has 1 N–H and O–H groups in total. The van der Waals surface area contributed by atoms with Gasteiger partial charge in [0.15, 0.2) is 5.65 Å². The van der Waals surface area contributed by atoms with Crippen LogP contribution in [0.5, 0.6) is 0 Å². The molecule has 0 aliphatic carbocycles. The van der Waals surface area contributed by atoms with Gasteiger partial charge in [0.2, 0.25) is 5.95 Å². The molecule has 13 nitrogen and oxygen atoms in total. The Balaban J connectivity index is 1.16. The fourth-order valence-electron chi connectivity index (χ4n) is 5.46. The van der Waals surface area contributed by atoms with Crippen LogP contribution in [-0.4, -0.2) is 113 Å². The van der Waals surface area contributed by atoms with Gasteiger partial charge >= 0.3 is 6.09 Å². The quantitative estimate of drug-likeness (QED) is 0.288.